The van der Waals surface area contributed by atoms with Crippen molar-refractivity contribution in [2.75, 3.05) is 6.61 Å². The Kier molecular flexibility index (Phi) is 4.77. The van der Waals surface area contributed by atoms with Gasteiger partial charge in [0.25, 0.3) is 0 Å². The summed E-state index contributed by atoms with van der Waals surface area (Å²) in [6.07, 6.45) is 0. The van der Waals surface area contributed by atoms with Crippen molar-refractivity contribution in [1.29, 1.82) is 0 Å². The summed E-state index contributed by atoms with van der Waals surface area (Å²) in [7, 11) is 0. The van der Waals surface area contributed by atoms with E-state index in [9.17, 15) is 19.8 Å². The molecule has 0 saturated carbocycles. The van der Waals surface area contributed by atoms with E-state index in [1.54, 1.807) is 11.8 Å². The number of benzene rings is 1. The van der Waals surface area contributed by atoms with Crippen LogP contribution in [0.3, 0.4) is 0 Å². The number of carbonyl (C=O) groups is 2. The fraction of sp³-hybridized carbons (Fsp3) is 0.579. The van der Waals surface area contributed by atoms with Crippen LogP contribution in [0, 0.1) is 16.7 Å². The number of aliphatic carboxylic acids is 1. The summed E-state index contributed by atoms with van der Waals surface area (Å²) in [5.74, 6) is -2.12. The summed E-state index contributed by atoms with van der Waals surface area (Å²) in [6.45, 7) is 8.72. The Morgan fingerprint density at radius 2 is 1.83 bits per heavy atom. The minimum atomic E-state index is -1.50. The van der Waals surface area contributed by atoms with E-state index < -0.39 is 35.4 Å². The average molecular weight is 333 g/mol. The lowest BCUT2D eigenvalue weighted by molar-refractivity contribution is -0.160. The van der Waals surface area contributed by atoms with E-state index in [4.69, 9.17) is 0 Å². The molecule has 1 heterocycles. The summed E-state index contributed by atoms with van der Waals surface area (Å²) in [5, 5.41) is 19.9. The largest absolute Gasteiger partial charge is 0.481 e. The predicted octanol–water partition coefficient (Wildman–Crippen LogP) is 2.70. The topological polar surface area (TPSA) is 77.8 Å². The summed E-state index contributed by atoms with van der Waals surface area (Å²) in [4.78, 5) is 26.8. The quantitative estimate of drug-likeness (QED) is 0.888. The van der Waals surface area contributed by atoms with Crippen LogP contribution in [0.4, 0.5) is 0 Å². The van der Waals surface area contributed by atoms with Crippen LogP contribution in [0.5, 0.6) is 0 Å². The second-order valence-corrected chi connectivity index (χ2v) is 7.83. The summed E-state index contributed by atoms with van der Waals surface area (Å²) < 4.78 is 0. The maximum atomic E-state index is 13.0. The van der Waals surface area contributed by atoms with Crippen molar-refractivity contribution < 1.29 is 19.8 Å². The van der Waals surface area contributed by atoms with Crippen LogP contribution < -0.4 is 0 Å². The highest BCUT2D eigenvalue weighted by Gasteiger charge is 2.65. The molecule has 0 radical (unpaired) electrons. The van der Waals surface area contributed by atoms with Crippen molar-refractivity contribution in [3.05, 3.63) is 35.9 Å². The molecule has 1 amide bonds. The van der Waals surface area contributed by atoms with E-state index in [-0.39, 0.29) is 11.9 Å². The lowest BCUT2D eigenvalue weighted by atomic mass is 9.65. The molecule has 2 N–H and O–H groups in total. The van der Waals surface area contributed by atoms with Gasteiger partial charge in [-0.1, -0.05) is 58.0 Å². The Labute approximate surface area is 143 Å². The van der Waals surface area contributed by atoms with Gasteiger partial charge >= 0.3 is 5.97 Å². The van der Waals surface area contributed by atoms with Crippen molar-refractivity contribution >= 4 is 11.9 Å². The van der Waals surface area contributed by atoms with Crippen LogP contribution in [0.15, 0.2) is 30.3 Å². The highest BCUT2D eigenvalue weighted by molar-refractivity contribution is 5.92. The molecule has 1 aliphatic rings. The van der Waals surface area contributed by atoms with Crippen molar-refractivity contribution in [2.24, 2.45) is 16.7 Å². The van der Waals surface area contributed by atoms with Gasteiger partial charge in [0.05, 0.1) is 24.6 Å². The molecule has 5 nitrogen and oxygen atoms in total. The maximum absolute atomic E-state index is 13.0. The van der Waals surface area contributed by atoms with E-state index >= 15 is 0 Å². The van der Waals surface area contributed by atoms with Crippen LogP contribution in [0.2, 0.25) is 0 Å². The van der Waals surface area contributed by atoms with Crippen molar-refractivity contribution in [3.8, 4) is 0 Å². The minimum absolute atomic E-state index is 0.220. The molecule has 0 aliphatic carbocycles. The molecule has 1 aromatic carbocycles. The van der Waals surface area contributed by atoms with Gasteiger partial charge in [0.15, 0.2) is 0 Å². The van der Waals surface area contributed by atoms with Gasteiger partial charge in [-0.15, -0.1) is 0 Å². The zero-order valence-corrected chi connectivity index (χ0v) is 15.0. The van der Waals surface area contributed by atoms with Crippen molar-refractivity contribution in [2.45, 2.75) is 46.7 Å². The molecule has 0 spiro atoms. The number of carbonyl (C=O) groups excluding carboxylic acids is 1. The Hall–Kier alpha value is -1.88. The van der Waals surface area contributed by atoms with Gasteiger partial charge in [-0.2, -0.15) is 0 Å². The van der Waals surface area contributed by atoms with E-state index in [0.717, 1.165) is 5.56 Å². The fourth-order valence-electron chi connectivity index (χ4n) is 4.15. The van der Waals surface area contributed by atoms with Crippen LogP contribution >= 0.6 is 0 Å². The van der Waals surface area contributed by atoms with Crippen molar-refractivity contribution in [3.63, 3.8) is 0 Å². The van der Waals surface area contributed by atoms with E-state index in [1.807, 2.05) is 58.0 Å². The Morgan fingerprint density at radius 1 is 1.29 bits per heavy atom. The number of carboxylic acid groups (broad SMARTS) is 1. The molecule has 132 valence electrons. The third-order valence-corrected chi connectivity index (χ3v) is 5.34. The highest BCUT2D eigenvalue weighted by Crippen LogP contribution is 2.52. The van der Waals surface area contributed by atoms with E-state index in [0.29, 0.717) is 0 Å². The Balaban J connectivity index is 2.62. The second-order valence-electron chi connectivity index (χ2n) is 7.83. The van der Waals surface area contributed by atoms with Crippen LogP contribution in [-0.2, 0) is 9.59 Å². The number of amides is 1. The first kappa shape index (κ1) is 18.5. The van der Waals surface area contributed by atoms with Crippen LogP contribution in [0.1, 0.15) is 46.2 Å². The number of rotatable bonds is 4. The number of nitrogens with zero attached hydrogens (tertiary/aromatic N) is 1. The van der Waals surface area contributed by atoms with Crippen molar-refractivity contribution in [1.82, 2.24) is 4.90 Å². The first-order valence-electron chi connectivity index (χ1n) is 8.30. The van der Waals surface area contributed by atoms with Gasteiger partial charge < -0.3 is 15.1 Å². The SMILES string of the molecule is CC1C(=O)N([C@H](C)c2ccccc2)C(C(C)(C)C)[C@@]1(CO)C(=O)O. The van der Waals surface area contributed by atoms with Crippen LogP contribution in [0.25, 0.3) is 0 Å². The first-order chi connectivity index (χ1) is 11.1. The molecular formula is C19H27NO4. The molecule has 1 aliphatic heterocycles. The lowest BCUT2D eigenvalue weighted by Crippen LogP contribution is -2.55. The fourth-order valence-corrected chi connectivity index (χ4v) is 4.15. The molecule has 5 heteroatoms. The molecule has 0 bridgehead atoms. The third kappa shape index (κ3) is 2.61. The van der Waals surface area contributed by atoms with E-state index in [2.05, 4.69) is 0 Å². The molecular weight excluding hydrogens is 306 g/mol. The number of aliphatic hydroxyl groups is 1. The predicted molar refractivity (Wildman–Crippen MR) is 91.3 cm³/mol. The third-order valence-electron chi connectivity index (χ3n) is 5.34. The lowest BCUT2D eigenvalue weighted by Gasteiger charge is -2.45. The monoisotopic (exact) mass is 333 g/mol. The first-order valence-corrected chi connectivity index (χ1v) is 8.30. The average Bonchev–Trinajstić information content (AvgIpc) is 2.76. The number of carboxylic acids is 1. The minimum Gasteiger partial charge on any atom is -0.481 e. The van der Waals surface area contributed by atoms with Crippen LogP contribution in [-0.4, -0.2) is 39.6 Å². The Morgan fingerprint density at radius 3 is 2.25 bits per heavy atom. The van der Waals surface area contributed by atoms with Gasteiger partial charge in [-0.3, -0.25) is 9.59 Å². The number of aliphatic hydroxyl groups excluding tert-OH is 1. The number of hydrogen-bond donors (Lipinski definition) is 2. The summed E-state index contributed by atoms with van der Waals surface area (Å²) in [5.41, 5.74) is -1.05. The standard InChI is InChI=1S/C19H27NO4/c1-12-15(22)20(13(2)14-9-7-6-8-10-14)16(18(3,4)5)19(12,11-21)17(23)24/h6-10,12-13,16,21H,11H2,1-5H3,(H,23,24)/t12?,13-,16?,19+/m1/s1. The van der Waals surface area contributed by atoms with Gasteiger partial charge in [0.1, 0.15) is 5.41 Å². The zero-order chi connectivity index (χ0) is 18.3. The molecule has 0 aromatic heterocycles. The molecule has 1 aromatic rings. The molecule has 2 rings (SSSR count). The molecule has 4 atom stereocenters. The summed E-state index contributed by atoms with van der Waals surface area (Å²) in [6, 6.07) is 8.70. The summed E-state index contributed by atoms with van der Waals surface area (Å²) >= 11 is 0. The molecule has 24 heavy (non-hydrogen) atoms. The highest BCUT2D eigenvalue weighted by atomic mass is 16.4. The molecule has 1 fully saturated rings. The Bertz CT molecular complexity index is 622. The molecule has 1 saturated heterocycles. The molecule has 2 unspecified atom stereocenters. The van der Waals surface area contributed by atoms with Gasteiger partial charge in [-0.25, -0.2) is 0 Å². The second kappa shape index (κ2) is 6.20. The van der Waals surface area contributed by atoms with Gasteiger partial charge in [0.2, 0.25) is 5.91 Å². The van der Waals surface area contributed by atoms with E-state index in [1.165, 1.54) is 0 Å². The maximum Gasteiger partial charge on any atom is 0.314 e. The smallest absolute Gasteiger partial charge is 0.314 e. The van der Waals surface area contributed by atoms with Gasteiger partial charge in [-0.05, 0) is 17.9 Å². The number of hydrogen-bond acceptors (Lipinski definition) is 3. The normalized spacial score (nSPS) is 28.9. The number of likely N-dealkylation sites (tertiary alicyclic amines) is 1. The van der Waals surface area contributed by atoms with Gasteiger partial charge in [0, 0.05) is 0 Å². The zero-order valence-electron chi connectivity index (χ0n) is 15.0.